The van der Waals surface area contributed by atoms with E-state index in [0.717, 1.165) is 0 Å². The molecule has 4 nitrogen and oxygen atoms in total. The van der Waals surface area contributed by atoms with E-state index < -0.39 is 5.82 Å². The maximum atomic E-state index is 13.4. The molecule has 2 aromatic rings. The van der Waals surface area contributed by atoms with Crippen LogP contribution in [0.15, 0.2) is 18.2 Å². The highest BCUT2D eigenvalue weighted by molar-refractivity contribution is 7.71. The molecule has 0 spiro atoms. The molecule has 0 aliphatic heterocycles. The fourth-order valence-corrected chi connectivity index (χ4v) is 1.47. The van der Waals surface area contributed by atoms with Gasteiger partial charge < -0.3 is 0 Å². The first-order chi connectivity index (χ1) is 6.70. The van der Waals surface area contributed by atoms with Crippen LogP contribution in [-0.4, -0.2) is 20.2 Å². The second kappa shape index (κ2) is 3.47. The lowest BCUT2D eigenvalue weighted by molar-refractivity contribution is 0.606. The molecule has 0 amide bonds. The van der Waals surface area contributed by atoms with Crippen LogP contribution in [0.2, 0.25) is 5.02 Å². The molecule has 0 unspecified atom stereocenters. The van der Waals surface area contributed by atoms with E-state index in [0.29, 0.717) is 0 Å². The van der Waals surface area contributed by atoms with E-state index in [4.69, 9.17) is 23.8 Å². The van der Waals surface area contributed by atoms with Crippen molar-refractivity contribution in [1.82, 2.24) is 20.2 Å². The molecule has 14 heavy (non-hydrogen) atoms. The van der Waals surface area contributed by atoms with Gasteiger partial charge in [0.25, 0.3) is 0 Å². The van der Waals surface area contributed by atoms with E-state index in [9.17, 15) is 4.39 Å². The summed E-state index contributed by atoms with van der Waals surface area (Å²) in [4.78, 5) is 0. The van der Waals surface area contributed by atoms with Crippen molar-refractivity contribution in [3.05, 3.63) is 33.8 Å². The van der Waals surface area contributed by atoms with Crippen LogP contribution in [0.3, 0.4) is 0 Å². The molecular weight excluding hydrogens is 227 g/mol. The first-order valence-corrected chi connectivity index (χ1v) is 4.43. The van der Waals surface area contributed by atoms with Crippen molar-refractivity contribution in [3.63, 3.8) is 0 Å². The van der Waals surface area contributed by atoms with Gasteiger partial charge in [-0.2, -0.15) is 5.21 Å². The van der Waals surface area contributed by atoms with E-state index in [-0.39, 0.29) is 15.5 Å². The number of para-hydroxylation sites is 1. The summed E-state index contributed by atoms with van der Waals surface area (Å²) in [7, 11) is 0. The minimum Gasteiger partial charge on any atom is -0.205 e. The number of rotatable bonds is 1. The average Bonchev–Trinajstić information content (AvgIpc) is 2.52. The predicted molar refractivity (Wildman–Crippen MR) is 51.5 cm³/mol. The van der Waals surface area contributed by atoms with E-state index in [1.165, 1.54) is 16.8 Å². The Morgan fingerprint density at radius 1 is 1.50 bits per heavy atom. The van der Waals surface area contributed by atoms with Crippen LogP contribution in [-0.2, 0) is 0 Å². The molecule has 0 saturated heterocycles. The number of tetrazole rings is 1. The number of H-pyrrole nitrogens is 1. The first-order valence-electron chi connectivity index (χ1n) is 3.64. The van der Waals surface area contributed by atoms with Gasteiger partial charge in [-0.05, 0) is 24.4 Å². The largest absolute Gasteiger partial charge is 0.243 e. The Balaban J connectivity index is 2.74. The molecule has 0 fully saturated rings. The van der Waals surface area contributed by atoms with Crippen molar-refractivity contribution in [2.75, 3.05) is 0 Å². The molecule has 0 bridgehead atoms. The molecule has 1 N–H and O–H groups in total. The average molecular weight is 231 g/mol. The zero-order chi connectivity index (χ0) is 10.1. The molecule has 7 heteroatoms. The van der Waals surface area contributed by atoms with Gasteiger partial charge in [0.15, 0.2) is 0 Å². The van der Waals surface area contributed by atoms with Crippen molar-refractivity contribution in [2.24, 2.45) is 0 Å². The predicted octanol–water partition coefficient (Wildman–Crippen LogP) is 2.12. The lowest BCUT2D eigenvalue weighted by Crippen LogP contribution is -2.01. The van der Waals surface area contributed by atoms with Gasteiger partial charge in [0.05, 0.1) is 5.02 Å². The normalized spacial score (nSPS) is 10.4. The van der Waals surface area contributed by atoms with E-state index >= 15 is 0 Å². The zero-order valence-corrected chi connectivity index (χ0v) is 8.31. The van der Waals surface area contributed by atoms with Crippen LogP contribution in [0.5, 0.6) is 0 Å². The molecule has 0 saturated carbocycles. The molecule has 1 aromatic heterocycles. The van der Waals surface area contributed by atoms with Gasteiger partial charge >= 0.3 is 0 Å². The van der Waals surface area contributed by atoms with Gasteiger partial charge in [0.2, 0.25) is 4.77 Å². The SMILES string of the molecule is Fc1cccc(Cl)c1-n1[nH]nnc1=S. The lowest BCUT2D eigenvalue weighted by atomic mass is 10.3. The van der Waals surface area contributed by atoms with Crippen molar-refractivity contribution >= 4 is 23.8 Å². The third kappa shape index (κ3) is 1.42. The zero-order valence-electron chi connectivity index (χ0n) is 6.74. The molecule has 72 valence electrons. The number of benzene rings is 1. The summed E-state index contributed by atoms with van der Waals surface area (Å²) in [6.07, 6.45) is 0. The fraction of sp³-hybridized carbons (Fsp3) is 0. The number of halogens is 2. The van der Waals surface area contributed by atoms with Gasteiger partial charge in [0.1, 0.15) is 11.5 Å². The third-order valence-electron chi connectivity index (χ3n) is 1.63. The lowest BCUT2D eigenvalue weighted by Gasteiger charge is -2.03. The molecule has 2 rings (SSSR count). The Labute approximate surface area is 88.3 Å². The van der Waals surface area contributed by atoms with Crippen molar-refractivity contribution in [2.45, 2.75) is 0 Å². The minimum atomic E-state index is -0.486. The van der Waals surface area contributed by atoms with Gasteiger partial charge in [-0.15, -0.1) is 0 Å². The maximum Gasteiger partial charge on any atom is 0.243 e. The summed E-state index contributed by atoms with van der Waals surface area (Å²) < 4.78 is 14.7. The van der Waals surface area contributed by atoms with Gasteiger partial charge in [-0.25, -0.2) is 9.07 Å². The molecular formula is C7H4ClFN4S. The quantitative estimate of drug-likeness (QED) is 0.764. The summed E-state index contributed by atoms with van der Waals surface area (Å²) in [5, 5.41) is 9.63. The van der Waals surface area contributed by atoms with Crippen LogP contribution < -0.4 is 0 Å². The Hall–Kier alpha value is -1.27. The summed E-state index contributed by atoms with van der Waals surface area (Å²) in [5.74, 6) is -0.486. The first kappa shape index (κ1) is 9.29. The number of aromatic amines is 1. The van der Waals surface area contributed by atoms with Crippen molar-refractivity contribution < 1.29 is 4.39 Å². The highest BCUT2D eigenvalue weighted by Crippen LogP contribution is 2.22. The molecule has 0 aliphatic rings. The fourth-order valence-electron chi connectivity index (χ4n) is 1.05. The second-order valence-corrected chi connectivity index (χ2v) is 3.26. The number of aromatic nitrogens is 4. The van der Waals surface area contributed by atoms with E-state index in [1.807, 2.05) is 0 Å². The summed E-state index contributed by atoms with van der Waals surface area (Å²) >= 11 is 10.6. The molecule has 0 radical (unpaired) electrons. The Kier molecular flexibility index (Phi) is 2.30. The van der Waals surface area contributed by atoms with Crippen LogP contribution in [0, 0.1) is 10.6 Å². The number of hydrogen-bond acceptors (Lipinski definition) is 3. The Morgan fingerprint density at radius 2 is 2.29 bits per heavy atom. The summed E-state index contributed by atoms with van der Waals surface area (Å²) in [6.45, 7) is 0. The number of nitrogens with one attached hydrogen (secondary N) is 1. The molecule has 1 aromatic carbocycles. The van der Waals surface area contributed by atoms with Crippen LogP contribution in [0.4, 0.5) is 4.39 Å². The highest BCUT2D eigenvalue weighted by atomic mass is 35.5. The number of hydrogen-bond donors (Lipinski definition) is 1. The standard InChI is InChI=1S/C7H4ClFN4S/c8-4-2-1-3-5(9)6(4)13-7(14)10-11-12-13/h1-3H,(H,10,12,14). The maximum absolute atomic E-state index is 13.4. The smallest absolute Gasteiger partial charge is 0.205 e. The van der Waals surface area contributed by atoms with Crippen LogP contribution in [0.1, 0.15) is 0 Å². The van der Waals surface area contributed by atoms with Crippen molar-refractivity contribution in [3.8, 4) is 5.69 Å². The summed E-state index contributed by atoms with van der Waals surface area (Å²) in [6, 6.07) is 4.35. The molecule has 1 heterocycles. The second-order valence-electron chi connectivity index (χ2n) is 2.49. The minimum absolute atomic E-state index is 0.122. The van der Waals surface area contributed by atoms with E-state index in [2.05, 4.69) is 15.5 Å². The van der Waals surface area contributed by atoms with Gasteiger partial charge in [0, 0.05) is 0 Å². The van der Waals surface area contributed by atoms with E-state index in [1.54, 1.807) is 6.07 Å². The molecule has 0 aliphatic carbocycles. The Morgan fingerprint density at radius 3 is 2.86 bits per heavy atom. The highest BCUT2D eigenvalue weighted by Gasteiger charge is 2.10. The van der Waals surface area contributed by atoms with Crippen molar-refractivity contribution in [1.29, 1.82) is 0 Å². The topological polar surface area (TPSA) is 46.5 Å². The Bertz CT molecular complexity index is 500. The third-order valence-corrected chi connectivity index (χ3v) is 2.20. The summed E-state index contributed by atoms with van der Waals surface area (Å²) in [5.41, 5.74) is 0.129. The van der Waals surface area contributed by atoms with Gasteiger partial charge in [-0.1, -0.05) is 28.0 Å². The monoisotopic (exact) mass is 230 g/mol. The van der Waals surface area contributed by atoms with Gasteiger partial charge in [-0.3, -0.25) is 0 Å². The number of nitrogens with zero attached hydrogens (tertiary/aromatic N) is 3. The molecule has 0 atom stereocenters. The van der Waals surface area contributed by atoms with Crippen LogP contribution >= 0.6 is 23.8 Å². The van der Waals surface area contributed by atoms with Crippen LogP contribution in [0.25, 0.3) is 5.69 Å².